The maximum absolute atomic E-state index is 12.2. The van der Waals surface area contributed by atoms with Crippen LogP contribution in [0.25, 0.3) is 11.0 Å². The van der Waals surface area contributed by atoms with Crippen LogP contribution < -0.4 is 5.32 Å². The van der Waals surface area contributed by atoms with Gasteiger partial charge in [-0.25, -0.2) is 0 Å². The Kier molecular flexibility index (Phi) is 4.68. The van der Waals surface area contributed by atoms with Crippen molar-refractivity contribution < 1.29 is 14.3 Å². The number of fused-ring (bicyclic) bond motifs is 1. The second-order valence-electron chi connectivity index (χ2n) is 5.67. The molecule has 0 aliphatic carbocycles. The minimum absolute atomic E-state index is 0.157. The molecule has 2 unspecified atom stereocenters. The molecule has 0 radical (unpaired) electrons. The average Bonchev–Trinajstić information content (AvgIpc) is 2.82. The molecule has 0 saturated carbocycles. The number of carbonyl (C=O) groups excluding carboxylic acids is 1. The largest absolute Gasteiger partial charge is 0.450 e. The lowest BCUT2D eigenvalue weighted by atomic mass is 10.0. The number of amides is 1. The Balaban J connectivity index is 2.17. The van der Waals surface area contributed by atoms with Gasteiger partial charge < -0.3 is 14.8 Å². The monoisotopic (exact) mass is 289 g/mol. The number of furan rings is 1. The van der Waals surface area contributed by atoms with E-state index in [9.17, 15) is 9.90 Å². The van der Waals surface area contributed by atoms with E-state index < -0.39 is 6.10 Å². The molecule has 0 bridgehead atoms. The highest BCUT2D eigenvalue weighted by Gasteiger charge is 2.20. The van der Waals surface area contributed by atoms with E-state index in [0.29, 0.717) is 5.76 Å². The van der Waals surface area contributed by atoms with E-state index in [4.69, 9.17) is 4.42 Å². The SMILES string of the molecule is CCC(C)C(O)CNC(=O)c1oc2c(C)cccc2c1C. The van der Waals surface area contributed by atoms with Crippen LogP contribution in [0.2, 0.25) is 0 Å². The number of aliphatic hydroxyl groups excluding tert-OH is 1. The first-order valence-corrected chi connectivity index (χ1v) is 7.40. The smallest absolute Gasteiger partial charge is 0.287 e. The molecule has 2 aromatic rings. The normalized spacial score (nSPS) is 14.1. The van der Waals surface area contributed by atoms with Crippen molar-refractivity contribution in [2.75, 3.05) is 6.54 Å². The third-order valence-corrected chi connectivity index (χ3v) is 4.14. The molecule has 2 N–H and O–H groups in total. The lowest BCUT2D eigenvalue weighted by Gasteiger charge is -2.17. The summed E-state index contributed by atoms with van der Waals surface area (Å²) in [5.41, 5.74) is 2.60. The predicted molar refractivity (Wildman–Crippen MR) is 83.5 cm³/mol. The molecular weight excluding hydrogens is 266 g/mol. The number of hydrogen-bond acceptors (Lipinski definition) is 3. The van der Waals surface area contributed by atoms with Crippen LogP contribution >= 0.6 is 0 Å². The molecule has 2 atom stereocenters. The third-order valence-electron chi connectivity index (χ3n) is 4.14. The summed E-state index contributed by atoms with van der Waals surface area (Å²) in [7, 11) is 0. The Hall–Kier alpha value is -1.81. The molecule has 0 saturated heterocycles. The van der Waals surface area contributed by atoms with Crippen molar-refractivity contribution in [2.45, 2.75) is 40.2 Å². The average molecular weight is 289 g/mol. The van der Waals surface area contributed by atoms with E-state index in [1.807, 2.05) is 45.9 Å². The minimum atomic E-state index is -0.537. The Labute approximate surface area is 125 Å². The Morgan fingerprint density at radius 2 is 2.10 bits per heavy atom. The van der Waals surface area contributed by atoms with Crippen molar-refractivity contribution in [2.24, 2.45) is 5.92 Å². The van der Waals surface area contributed by atoms with Gasteiger partial charge in [0.1, 0.15) is 5.58 Å². The highest BCUT2D eigenvalue weighted by molar-refractivity contribution is 5.99. The van der Waals surface area contributed by atoms with E-state index >= 15 is 0 Å². The maximum atomic E-state index is 12.2. The topological polar surface area (TPSA) is 62.5 Å². The summed E-state index contributed by atoms with van der Waals surface area (Å²) in [6, 6.07) is 5.86. The summed E-state index contributed by atoms with van der Waals surface area (Å²) in [4.78, 5) is 12.2. The van der Waals surface area contributed by atoms with Gasteiger partial charge in [-0.15, -0.1) is 0 Å². The number of aliphatic hydroxyl groups is 1. The fourth-order valence-electron chi connectivity index (χ4n) is 2.35. The van der Waals surface area contributed by atoms with Gasteiger partial charge in [-0.2, -0.15) is 0 Å². The van der Waals surface area contributed by atoms with Crippen molar-refractivity contribution in [1.82, 2.24) is 5.32 Å². The predicted octanol–water partition coefficient (Wildman–Crippen LogP) is 3.19. The highest BCUT2D eigenvalue weighted by atomic mass is 16.3. The molecule has 0 spiro atoms. The summed E-state index contributed by atoms with van der Waals surface area (Å²) in [6.45, 7) is 8.06. The number of rotatable bonds is 5. The van der Waals surface area contributed by atoms with Gasteiger partial charge in [0.25, 0.3) is 5.91 Å². The van der Waals surface area contributed by atoms with Crippen LogP contribution in [-0.2, 0) is 0 Å². The number of benzene rings is 1. The van der Waals surface area contributed by atoms with E-state index in [1.54, 1.807) is 0 Å². The van der Waals surface area contributed by atoms with Gasteiger partial charge in [0.2, 0.25) is 0 Å². The summed E-state index contributed by atoms with van der Waals surface area (Å²) in [6.07, 6.45) is 0.338. The van der Waals surface area contributed by atoms with Gasteiger partial charge in [0, 0.05) is 17.5 Å². The van der Waals surface area contributed by atoms with Crippen LogP contribution in [0.3, 0.4) is 0 Å². The lowest BCUT2D eigenvalue weighted by Crippen LogP contribution is -2.35. The first kappa shape index (κ1) is 15.6. The molecule has 2 rings (SSSR count). The molecular formula is C17H23NO3. The fraction of sp³-hybridized carbons (Fsp3) is 0.471. The Morgan fingerprint density at radius 3 is 2.71 bits per heavy atom. The van der Waals surface area contributed by atoms with Gasteiger partial charge in [0.05, 0.1) is 6.10 Å². The van der Waals surface area contributed by atoms with Crippen LogP contribution in [0, 0.1) is 19.8 Å². The van der Waals surface area contributed by atoms with Crippen LogP contribution in [0.1, 0.15) is 41.9 Å². The lowest BCUT2D eigenvalue weighted by molar-refractivity contribution is 0.0828. The summed E-state index contributed by atoms with van der Waals surface area (Å²) in [5, 5.41) is 13.6. The van der Waals surface area contributed by atoms with Gasteiger partial charge >= 0.3 is 0 Å². The van der Waals surface area contributed by atoms with E-state index in [2.05, 4.69) is 5.32 Å². The van der Waals surface area contributed by atoms with E-state index in [-0.39, 0.29) is 18.4 Å². The summed E-state index contributed by atoms with van der Waals surface area (Å²) >= 11 is 0. The van der Waals surface area contributed by atoms with Crippen LogP contribution in [0.15, 0.2) is 22.6 Å². The van der Waals surface area contributed by atoms with Crippen molar-refractivity contribution in [3.8, 4) is 0 Å². The number of hydrogen-bond donors (Lipinski definition) is 2. The van der Waals surface area contributed by atoms with E-state index in [0.717, 1.165) is 28.5 Å². The van der Waals surface area contributed by atoms with Crippen molar-refractivity contribution in [3.63, 3.8) is 0 Å². The van der Waals surface area contributed by atoms with Crippen LogP contribution in [0.5, 0.6) is 0 Å². The first-order chi connectivity index (χ1) is 9.95. The second-order valence-corrected chi connectivity index (χ2v) is 5.67. The summed E-state index contributed by atoms with van der Waals surface area (Å²) in [5.74, 6) is 0.213. The molecule has 4 heteroatoms. The van der Waals surface area contributed by atoms with Gasteiger partial charge in [-0.05, 0) is 25.3 Å². The summed E-state index contributed by atoms with van der Waals surface area (Å²) < 4.78 is 5.72. The molecule has 1 heterocycles. The minimum Gasteiger partial charge on any atom is -0.450 e. The van der Waals surface area contributed by atoms with Crippen LogP contribution in [0.4, 0.5) is 0 Å². The molecule has 0 fully saturated rings. The van der Waals surface area contributed by atoms with Gasteiger partial charge in [-0.1, -0.05) is 38.5 Å². The number of para-hydroxylation sites is 1. The molecule has 4 nitrogen and oxygen atoms in total. The number of carbonyl (C=O) groups is 1. The molecule has 0 aliphatic heterocycles. The molecule has 0 aliphatic rings. The van der Waals surface area contributed by atoms with Crippen molar-refractivity contribution in [3.05, 3.63) is 35.1 Å². The standard InChI is InChI=1S/C17H23NO3/c1-5-10(2)14(19)9-18-17(20)16-12(4)13-8-6-7-11(3)15(13)21-16/h6-8,10,14,19H,5,9H2,1-4H3,(H,18,20). The number of aryl methyl sites for hydroxylation is 2. The second kappa shape index (κ2) is 6.31. The zero-order valence-electron chi connectivity index (χ0n) is 13.1. The molecule has 1 amide bonds. The Bertz CT molecular complexity index is 645. The Morgan fingerprint density at radius 1 is 1.38 bits per heavy atom. The molecule has 21 heavy (non-hydrogen) atoms. The highest BCUT2D eigenvalue weighted by Crippen LogP contribution is 2.27. The molecule has 114 valence electrons. The maximum Gasteiger partial charge on any atom is 0.287 e. The zero-order chi connectivity index (χ0) is 15.6. The quantitative estimate of drug-likeness (QED) is 0.888. The van der Waals surface area contributed by atoms with Crippen molar-refractivity contribution in [1.29, 1.82) is 0 Å². The number of nitrogens with one attached hydrogen (secondary N) is 1. The zero-order valence-corrected chi connectivity index (χ0v) is 13.1. The van der Waals surface area contributed by atoms with E-state index in [1.165, 1.54) is 0 Å². The first-order valence-electron chi connectivity index (χ1n) is 7.40. The fourth-order valence-corrected chi connectivity index (χ4v) is 2.35. The third kappa shape index (κ3) is 3.10. The van der Waals surface area contributed by atoms with Gasteiger partial charge in [-0.3, -0.25) is 4.79 Å². The van der Waals surface area contributed by atoms with Gasteiger partial charge in [0.15, 0.2) is 5.76 Å². The van der Waals surface area contributed by atoms with Crippen LogP contribution in [-0.4, -0.2) is 23.7 Å². The van der Waals surface area contributed by atoms with Crippen molar-refractivity contribution >= 4 is 16.9 Å². The molecule has 1 aromatic heterocycles. The molecule has 1 aromatic carbocycles.